The van der Waals surface area contributed by atoms with Crippen molar-refractivity contribution < 1.29 is 4.74 Å². The van der Waals surface area contributed by atoms with Gasteiger partial charge >= 0.3 is 0 Å². The number of benzene rings is 2. The van der Waals surface area contributed by atoms with E-state index in [-0.39, 0.29) is 0 Å². The van der Waals surface area contributed by atoms with E-state index in [4.69, 9.17) is 22.1 Å². The minimum Gasteiger partial charge on any atom is -0.495 e. The molecule has 0 aliphatic carbocycles. The number of anilines is 3. The van der Waals surface area contributed by atoms with Crippen LogP contribution in [0.1, 0.15) is 0 Å². The number of nitrogen functional groups attached to an aromatic ring is 1. The predicted octanol–water partition coefficient (Wildman–Crippen LogP) is 3.62. The van der Waals surface area contributed by atoms with Crippen molar-refractivity contribution in [2.24, 2.45) is 0 Å². The molecule has 0 radical (unpaired) electrons. The summed E-state index contributed by atoms with van der Waals surface area (Å²) in [5.41, 5.74) is 8.13. The third kappa shape index (κ3) is 2.68. The summed E-state index contributed by atoms with van der Waals surface area (Å²) in [5.74, 6) is 1.27. The summed E-state index contributed by atoms with van der Waals surface area (Å²) >= 11 is 6.02. The third-order valence-corrected chi connectivity index (χ3v) is 3.39. The van der Waals surface area contributed by atoms with Crippen LogP contribution in [0.15, 0.2) is 42.7 Å². The number of nitrogens with one attached hydrogen (secondary N) is 1. The summed E-state index contributed by atoms with van der Waals surface area (Å²) in [4.78, 5) is 8.49. The first-order valence-corrected chi connectivity index (χ1v) is 6.66. The second kappa shape index (κ2) is 5.46. The Balaban J connectivity index is 2.03. The molecule has 3 N–H and O–H groups in total. The molecule has 1 aromatic heterocycles. The van der Waals surface area contributed by atoms with Crippen LogP contribution in [0.4, 0.5) is 17.2 Å². The number of rotatable bonds is 3. The fourth-order valence-electron chi connectivity index (χ4n) is 2.05. The lowest BCUT2D eigenvalue weighted by molar-refractivity contribution is 0.415. The van der Waals surface area contributed by atoms with Crippen molar-refractivity contribution >= 4 is 39.7 Å². The normalized spacial score (nSPS) is 10.6. The number of fused-ring (bicyclic) bond motifs is 1. The van der Waals surface area contributed by atoms with Gasteiger partial charge in [-0.1, -0.05) is 11.6 Å². The summed E-state index contributed by atoms with van der Waals surface area (Å²) in [6, 6.07) is 10.9. The van der Waals surface area contributed by atoms with E-state index in [1.54, 1.807) is 13.2 Å². The van der Waals surface area contributed by atoms with Crippen molar-refractivity contribution in [2.45, 2.75) is 0 Å². The quantitative estimate of drug-likeness (QED) is 0.723. The van der Waals surface area contributed by atoms with E-state index in [1.165, 1.54) is 6.33 Å². The standard InChI is InChI=1S/C15H13ClN4O/c1-21-14-7-10(3-4-12(14)16)20-15-11-6-9(17)2-5-13(11)18-8-19-15/h2-8H,17H2,1H3,(H,18,19,20). The molecular formula is C15H13ClN4O. The van der Waals surface area contributed by atoms with Gasteiger partial charge in [0.1, 0.15) is 17.9 Å². The predicted molar refractivity (Wildman–Crippen MR) is 85.2 cm³/mol. The van der Waals surface area contributed by atoms with Gasteiger partial charge < -0.3 is 15.8 Å². The average Bonchev–Trinajstić information content (AvgIpc) is 2.50. The molecule has 6 heteroatoms. The van der Waals surface area contributed by atoms with Crippen molar-refractivity contribution in [3.8, 4) is 5.75 Å². The summed E-state index contributed by atoms with van der Waals surface area (Å²) in [5, 5.41) is 4.64. The fourth-order valence-corrected chi connectivity index (χ4v) is 2.24. The van der Waals surface area contributed by atoms with Crippen LogP contribution in [-0.2, 0) is 0 Å². The SMILES string of the molecule is COc1cc(Nc2ncnc3ccc(N)cc23)ccc1Cl. The first-order valence-electron chi connectivity index (χ1n) is 6.28. The van der Waals surface area contributed by atoms with Crippen molar-refractivity contribution in [1.29, 1.82) is 0 Å². The Morgan fingerprint density at radius 1 is 1.14 bits per heavy atom. The molecule has 0 bridgehead atoms. The molecule has 1 heterocycles. The van der Waals surface area contributed by atoms with Crippen LogP contribution < -0.4 is 15.8 Å². The zero-order valence-electron chi connectivity index (χ0n) is 11.3. The van der Waals surface area contributed by atoms with Gasteiger partial charge in [-0.15, -0.1) is 0 Å². The lowest BCUT2D eigenvalue weighted by Gasteiger charge is -2.10. The highest BCUT2D eigenvalue weighted by Gasteiger charge is 2.07. The molecule has 106 valence electrons. The Labute approximate surface area is 126 Å². The molecule has 0 saturated carbocycles. The average molecular weight is 301 g/mol. The zero-order chi connectivity index (χ0) is 14.8. The van der Waals surface area contributed by atoms with E-state index in [2.05, 4.69) is 15.3 Å². The van der Waals surface area contributed by atoms with E-state index in [0.29, 0.717) is 22.3 Å². The molecule has 2 aromatic carbocycles. The van der Waals surface area contributed by atoms with Gasteiger partial charge in [0.15, 0.2) is 0 Å². The van der Waals surface area contributed by atoms with Crippen molar-refractivity contribution in [3.05, 3.63) is 47.7 Å². The number of aromatic nitrogens is 2. The van der Waals surface area contributed by atoms with Gasteiger partial charge in [-0.05, 0) is 30.3 Å². The number of methoxy groups -OCH3 is 1. The number of hydrogen-bond donors (Lipinski definition) is 2. The van der Waals surface area contributed by atoms with E-state index in [0.717, 1.165) is 16.6 Å². The molecule has 21 heavy (non-hydrogen) atoms. The molecular weight excluding hydrogens is 288 g/mol. The Kier molecular flexibility index (Phi) is 3.50. The van der Waals surface area contributed by atoms with Gasteiger partial charge in [-0.3, -0.25) is 0 Å². The lowest BCUT2D eigenvalue weighted by atomic mass is 10.2. The molecule has 0 atom stereocenters. The van der Waals surface area contributed by atoms with Crippen LogP contribution in [0.5, 0.6) is 5.75 Å². The summed E-state index contributed by atoms with van der Waals surface area (Å²) in [6.07, 6.45) is 1.51. The molecule has 0 aliphatic rings. The second-order valence-electron chi connectivity index (χ2n) is 4.47. The Morgan fingerprint density at radius 2 is 2.00 bits per heavy atom. The summed E-state index contributed by atoms with van der Waals surface area (Å²) in [6.45, 7) is 0. The van der Waals surface area contributed by atoms with Crippen LogP contribution in [-0.4, -0.2) is 17.1 Å². The van der Waals surface area contributed by atoms with Crippen molar-refractivity contribution in [2.75, 3.05) is 18.2 Å². The first-order chi connectivity index (χ1) is 10.2. The number of halogens is 1. The van der Waals surface area contributed by atoms with Gasteiger partial charge in [0.25, 0.3) is 0 Å². The van der Waals surface area contributed by atoms with Crippen LogP contribution in [0.2, 0.25) is 5.02 Å². The number of nitrogens with two attached hydrogens (primary N) is 1. The lowest BCUT2D eigenvalue weighted by Crippen LogP contribution is -1.97. The van der Waals surface area contributed by atoms with Gasteiger partial charge in [0.05, 0.1) is 17.6 Å². The van der Waals surface area contributed by atoms with Gasteiger partial charge in [0.2, 0.25) is 0 Å². The van der Waals surface area contributed by atoms with Crippen LogP contribution >= 0.6 is 11.6 Å². The van der Waals surface area contributed by atoms with Crippen LogP contribution in [0.3, 0.4) is 0 Å². The topological polar surface area (TPSA) is 73.1 Å². The summed E-state index contributed by atoms with van der Waals surface area (Å²) < 4.78 is 5.21. The van der Waals surface area contributed by atoms with Crippen LogP contribution in [0, 0.1) is 0 Å². The molecule has 0 spiro atoms. The minimum absolute atomic E-state index is 0.555. The maximum absolute atomic E-state index is 6.02. The van der Waals surface area contributed by atoms with Gasteiger partial charge in [-0.25, -0.2) is 9.97 Å². The second-order valence-corrected chi connectivity index (χ2v) is 4.88. The highest BCUT2D eigenvalue weighted by molar-refractivity contribution is 6.32. The zero-order valence-corrected chi connectivity index (χ0v) is 12.1. The van der Waals surface area contributed by atoms with E-state index >= 15 is 0 Å². The van der Waals surface area contributed by atoms with Crippen molar-refractivity contribution in [1.82, 2.24) is 9.97 Å². The monoisotopic (exact) mass is 300 g/mol. The Hall–Kier alpha value is -2.53. The smallest absolute Gasteiger partial charge is 0.141 e. The molecule has 0 unspecified atom stereocenters. The van der Waals surface area contributed by atoms with Crippen molar-refractivity contribution in [3.63, 3.8) is 0 Å². The largest absolute Gasteiger partial charge is 0.495 e. The molecule has 5 nitrogen and oxygen atoms in total. The van der Waals surface area contributed by atoms with E-state index < -0.39 is 0 Å². The Morgan fingerprint density at radius 3 is 2.81 bits per heavy atom. The molecule has 3 aromatic rings. The number of nitrogens with zero attached hydrogens (tertiary/aromatic N) is 2. The third-order valence-electron chi connectivity index (χ3n) is 3.07. The van der Waals surface area contributed by atoms with Gasteiger partial charge in [-0.2, -0.15) is 0 Å². The fraction of sp³-hybridized carbons (Fsp3) is 0.0667. The molecule has 3 rings (SSSR count). The summed E-state index contributed by atoms with van der Waals surface area (Å²) in [7, 11) is 1.58. The van der Waals surface area contributed by atoms with E-state index in [1.807, 2.05) is 30.3 Å². The van der Waals surface area contributed by atoms with Gasteiger partial charge in [0, 0.05) is 22.8 Å². The molecule has 0 fully saturated rings. The van der Waals surface area contributed by atoms with E-state index in [9.17, 15) is 0 Å². The maximum atomic E-state index is 6.02. The molecule has 0 saturated heterocycles. The maximum Gasteiger partial charge on any atom is 0.141 e. The van der Waals surface area contributed by atoms with Crippen LogP contribution in [0.25, 0.3) is 10.9 Å². The number of ether oxygens (including phenoxy) is 1. The highest BCUT2D eigenvalue weighted by atomic mass is 35.5. The Bertz CT molecular complexity index is 807. The molecule has 0 amide bonds. The number of hydrogen-bond acceptors (Lipinski definition) is 5. The first kappa shape index (κ1) is 13.5. The minimum atomic E-state index is 0.555. The highest BCUT2D eigenvalue weighted by Crippen LogP contribution is 2.30. The molecule has 0 aliphatic heterocycles.